The van der Waals surface area contributed by atoms with Gasteiger partial charge in [0.15, 0.2) is 11.5 Å². The Morgan fingerprint density at radius 1 is 0.963 bits per heavy atom. The maximum absolute atomic E-state index is 13.1. The largest absolute Gasteiger partial charge is 0.497 e. The van der Waals surface area contributed by atoms with Crippen LogP contribution in [-0.4, -0.2) is 50.4 Å². The number of carbonyl (C=O) groups is 2. The molecule has 3 rings (SSSR count). The van der Waals surface area contributed by atoms with Gasteiger partial charge in [-0.05, 0) is 24.3 Å². The van der Waals surface area contributed by atoms with Crippen LogP contribution in [0.15, 0.2) is 30.3 Å². The quantitative estimate of drug-likeness (QED) is 0.466. The Hall–Kier alpha value is -3.55. The predicted molar refractivity (Wildman–Crippen MR) is 98.0 cm³/mol. The van der Waals surface area contributed by atoms with E-state index < -0.39 is 0 Å². The number of hydrogen-bond donors (Lipinski definition) is 0. The fourth-order valence-corrected chi connectivity index (χ4v) is 2.84. The van der Waals surface area contributed by atoms with Crippen LogP contribution < -0.4 is 18.9 Å². The van der Waals surface area contributed by atoms with Crippen LogP contribution in [0.3, 0.4) is 0 Å². The molecule has 0 aliphatic carbocycles. The van der Waals surface area contributed by atoms with Crippen LogP contribution >= 0.6 is 0 Å². The topological polar surface area (TPSA) is 88.9 Å². The van der Waals surface area contributed by atoms with Crippen molar-refractivity contribution in [2.75, 3.05) is 28.4 Å². The number of methoxy groups -OCH3 is 4. The molecule has 27 heavy (non-hydrogen) atoms. The number of hydrogen-bond acceptors (Lipinski definition) is 7. The highest BCUT2D eigenvalue weighted by Crippen LogP contribution is 2.39. The summed E-state index contributed by atoms with van der Waals surface area (Å²) in [5.41, 5.74) is 0.895. The molecule has 8 nitrogen and oxygen atoms in total. The molecule has 0 aliphatic heterocycles. The Labute approximate surface area is 155 Å². The van der Waals surface area contributed by atoms with Crippen molar-refractivity contribution in [3.63, 3.8) is 0 Å². The van der Waals surface area contributed by atoms with Crippen molar-refractivity contribution in [2.24, 2.45) is 0 Å². The molecule has 0 aliphatic rings. The number of carbonyl (C=O) groups excluding carboxylic acids is 2. The molecular weight excluding hydrogens is 352 g/mol. The van der Waals surface area contributed by atoms with E-state index in [1.165, 1.54) is 28.4 Å². The van der Waals surface area contributed by atoms with Crippen molar-refractivity contribution in [1.82, 2.24) is 9.78 Å². The minimum absolute atomic E-state index is 0.133. The summed E-state index contributed by atoms with van der Waals surface area (Å²) in [5, 5.41) is 4.67. The van der Waals surface area contributed by atoms with Gasteiger partial charge in [-0.25, -0.2) is 4.68 Å². The van der Waals surface area contributed by atoms with Gasteiger partial charge < -0.3 is 18.9 Å². The van der Waals surface area contributed by atoms with Gasteiger partial charge in [-0.2, -0.15) is 5.10 Å². The molecule has 8 heteroatoms. The first-order chi connectivity index (χ1) is 13.1. The van der Waals surface area contributed by atoms with E-state index in [9.17, 15) is 9.59 Å². The molecule has 140 valence electrons. The van der Waals surface area contributed by atoms with Crippen molar-refractivity contribution < 1.29 is 28.5 Å². The first-order valence-corrected chi connectivity index (χ1v) is 7.94. The lowest BCUT2D eigenvalue weighted by molar-refractivity contribution is 0.103. The fourth-order valence-electron chi connectivity index (χ4n) is 2.84. The van der Waals surface area contributed by atoms with Crippen LogP contribution in [0.4, 0.5) is 0 Å². The van der Waals surface area contributed by atoms with E-state index in [1.54, 1.807) is 30.3 Å². The van der Waals surface area contributed by atoms with E-state index >= 15 is 0 Å². The molecular formula is C19H18N2O6. The summed E-state index contributed by atoms with van der Waals surface area (Å²) < 4.78 is 22.1. The van der Waals surface area contributed by atoms with Crippen molar-refractivity contribution in [1.29, 1.82) is 0 Å². The summed E-state index contributed by atoms with van der Waals surface area (Å²) in [7, 11) is 5.93. The third kappa shape index (κ3) is 3.05. The zero-order chi connectivity index (χ0) is 19.6. The van der Waals surface area contributed by atoms with E-state index in [-0.39, 0.29) is 17.0 Å². The molecule has 0 bridgehead atoms. The molecule has 0 saturated heterocycles. The molecule has 1 heterocycles. The molecule has 0 fully saturated rings. The predicted octanol–water partition coefficient (Wildman–Crippen LogP) is 2.34. The lowest BCUT2D eigenvalue weighted by Gasteiger charge is -2.13. The average molecular weight is 370 g/mol. The van der Waals surface area contributed by atoms with Crippen molar-refractivity contribution in [2.45, 2.75) is 0 Å². The van der Waals surface area contributed by atoms with Gasteiger partial charge in [0.05, 0.1) is 34.0 Å². The minimum Gasteiger partial charge on any atom is -0.497 e. The summed E-state index contributed by atoms with van der Waals surface area (Å²) in [6.07, 6.45) is 0.535. The standard InChI is InChI=1S/C19H18N2O6/c1-24-12-5-6-13-14(9-12)21(10-22)20-17(13)18(23)11-7-15(25-2)19(27-4)16(8-11)26-3/h5-10H,1-4H3. The summed E-state index contributed by atoms with van der Waals surface area (Å²) in [6, 6.07) is 8.11. The molecule has 0 saturated carbocycles. The van der Waals surface area contributed by atoms with Gasteiger partial charge in [-0.3, -0.25) is 9.59 Å². The lowest BCUT2D eigenvalue weighted by atomic mass is 10.0. The highest BCUT2D eigenvalue weighted by atomic mass is 16.5. The monoisotopic (exact) mass is 370 g/mol. The summed E-state index contributed by atoms with van der Waals surface area (Å²) in [5.74, 6) is 1.24. The number of rotatable bonds is 7. The van der Waals surface area contributed by atoms with Crippen LogP contribution in [0, 0.1) is 0 Å². The molecule has 2 aromatic carbocycles. The number of ether oxygens (including phenoxy) is 4. The Morgan fingerprint density at radius 2 is 1.63 bits per heavy atom. The minimum atomic E-state index is -0.384. The Balaban J connectivity index is 2.18. The summed E-state index contributed by atoms with van der Waals surface area (Å²) in [6.45, 7) is 0. The molecule has 3 aromatic rings. The van der Waals surface area contributed by atoms with Crippen LogP contribution in [0.25, 0.3) is 10.9 Å². The maximum Gasteiger partial charge on any atom is 0.234 e. The normalized spacial score (nSPS) is 10.5. The fraction of sp³-hybridized carbons (Fsp3) is 0.211. The van der Waals surface area contributed by atoms with Gasteiger partial charge in [-0.15, -0.1) is 0 Å². The van der Waals surface area contributed by atoms with E-state index in [1.807, 2.05) is 0 Å². The Morgan fingerprint density at radius 3 is 2.15 bits per heavy atom. The van der Waals surface area contributed by atoms with E-state index in [0.717, 1.165) is 4.68 Å². The summed E-state index contributed by atoms with van der Waals surface area (Å²) in [4.78, 5) is 24.5. The second-order valence-electron chi connectivity index (χ2n) is 5.52. The molecule has 0 amide bonds. The van der Waals surface area contributed by atoms with Crippen molar-refractivity contribution >= 4 is 23.1 Å². The third-order valence-electron chi connectivity index (χ3n) is 4.16. The Bertz CT molecular complexity index is 999. The van der Waals surface area contributed by atoms with E-state index in [2.05, 4.69) is 5.10 Å². The second kappa shape index (κ2) is 7.36. The first kappa shape index (κ1) is 18.2. The number of benzene rings is 2. The smallest absolute Gasteiger partial charge is 0.234 e. The first-order valence-electron chi connectivity index (χ1n) is 7.94. The lowest BCUT2D eigenvalue weighted by Crippen LogP contribution is -2.06. The molecule has 0 spiro atoms. The van der Waals surface area contributed by atoms with Gasteiger partial charge in [-0.1, -0.05) is 0 Å². The van der Waals surface area contributed by atoms with E-state index in [0.29, 0.717) is 40.3 Å². The highest BCUT2D eigenvalue weighted by Gasteiger charge is 2.23. The van der Waals surface area contributed by atoms with Crippen LogP contribution in [0.5, 0.6) is 23.0 Å². The number of fused-ring (bicyclic) bond motifs is 1. The van der Waals surface area contributed by atoms with Crippen molar-refractivity contribution in [3.8, 4) is 23.0 Å². The molecule has 0 N–H and O–H groups in total. The van der Waals surface area contributed by atoms with E-state index in [4.69, 9.17) is 18.9 Å². The summed E-state index contributed by atoms with van der Waals surface area (Å²) >= 11 is 0. The number of aromatic nitrogens is 2. The zero-order valence-electron chi connectivity index (χ0n) is 15.3. The molecule has 0 radical (unpaired) electrons. The number of ketones is 1. The average Bonchev–Trinajstić information content (AvgIpc) is 3.09. The van der Waals surface area contributed by atoms with Gasteiger partial charge in [0, 0.05) is 17.0 Å². The highest BCUT2D eigenvalue weighted by molar-refractivity contribution is 6.15. The van der Waals surface area contributed by atoms with Crippen LogP contribution in [-0.2, 0) is 4.79 Å². The van der Waals surface area contributed by atoms with Crippen LogP contribution in [0.1, 0.15) is 16.1 Å². The second-order valence-corrected chi connectivity index (χ2v) is 5.52. The molecule has 0 atom stereocenters. The van der Waals surface area contributed by atoms with Gasteiger partial charge in [0.25, 0.3) is 0 Å². The molecule has 1 aromatic heterocycles. The van der Waals surface area contributed by atoms with Crippen molar-refractivity contribution in [3.05, 3.63) is 41.6 Å². The van der Waals surface area contributed by atoms with Gasteiger partial charge in [0.2, 0.25) is 17.9 Å². The van der Waals surface area contributed by atoms with Gasteiger partial charge >= 0.3 is 0 Å². The molecule has 0 unspecified atom stereocenters. The zero-order valence-corrected chi connectivity index (χ0v) is 15.3. The Kier molecular flexibility index (Phi) is 4.98. The maximum atomic E-state index is 13.1. The van der Waals surface area contributed by atoms with Gasteiger partial charge in [0.1, 0.15) is 11.4 Å². The SMILES string of the molecule is COc1ccc2c(C(=O)c3cc(OC)c(OC)c(OC)c3)nn(C=O)c2c1. The van der Waals surface area contributed by atoms with Crippen LogP contribution in [0.2, 0.25) is 0 Å². The number of nitrogens with zero attached hydrogens (tertiary/aromatic N) is 2. The third-order valence-corrected chi connectivity index (χ3v) is 4.16.